The van der Waals surface area contributed by atoms with Crippen molar-refractivity contribution in [2.75, 3.05) is 20.6 Å². The Morgan fingerprint density at radius 2 is 1.80 bits per heavy atom. The van der Waals surface area contributed by atoms with Gasteiger partial charge in [0.2, 0.25) is 5.91 Å². The fourth-order valence-electron chi connectivity index (χ4n) is 2.34. The Balaban J connectivity index is 4.47. The first-order valence-corrected chi connectivity index (χ1v) is 7.62. The zero-order chi connectivity index (χ0) is 16.0. The highest BCUT2D eigenvalue weighted by atomic mass is 16.1. The Morgan fingerprint density at radius 3 is 2.25 bits per heavy atom. The van der Waals surface area contributed by atoms with Gasteiger partial charge in [-0.05, 0) is 38.3 Å². The SMILES string of the molecule is CCC(C)(C)CC(C)(C)C(C)NC(=O)/C=C/CN(C)C. The van der Waals surface area contributed by atoms with Gasteiger partial charge in [-0.15, -0.1) is 0 Å². The van der Waals surface area contributed by atoms with Crippen molar-refractivity contribution in [2.24, 2.45) is 10.8 Å². The minimum atomic E-state index is 0.00160. The molecule has 0 saturated heterocycles. The van der Waals surface area contributed by atoms with Crippen LogP contribution in [0.3, 0.4) is 0 Å². The summed E-state index contributed by atoms with van der Waals surface area (Å²) in [5, 5.41) is 3.10. The monoisotopic (exact) mass is 282 g/mol. The summed E-state index contributed by atoms with van der Waals surface area (Å²) in [6.45, 7) is 14.2. The normalized spacial score (nSPS) is 14.8. The van der Waals surface area contributed by atoms with Crippen molar-refractivity contribution in [3.63, 3.8) is 0 Å². The van der Waals surface area contributed by atoms with Gasteiger partial charge in [0, 0.05) is 18.7 Å². The molecule has 0 aliphatic rings. The second-order valence-electron chi connectivity index (χ2n) is 7.58. The number of nitrogens with zero attached hydrogens (tertiary/aromatic N) is 1. The smallest absolute Gasteiger partial charge is 0.243 e. The standard InChI is InChI=1S/C17H34N2O/c1-9-16(3,4)13-17(5,6)14(2)18-15(20)11-10-12-19(7)8/h10-11,14H,9,12-13H2,1-8H3,(H,18,20)/b11-10+. The second-order valence-corrected chi connectivity index (χ2v) is 7.58. The molecule has 1 unspecified atom stereocenters. The molecule has 0 rings (SSSR count). The zero-order valence-electron chi connectivity index (χ0n) is 14.7. The fourth-order valence-corrected chi connectivity index (χ4v) is 2.34. The minimum absolute atomic E-state index is 0.00160. The van der Waals surface area contributed by atoms with Crippen molar-refractivity contribution in [1.29, 1.82) is 0 Å². The predicted octanol–water partition coefficient (Wildman–Crippen LogP) is 3.46. The van der Waals surface area contributed by atoms with Gasteiger partial charge in [0.05, 0.1) is 0 Å². The number of nitrogens with one attached hydrogen (secondary N) is 1. The van der Waals surface area contributed by atoms with E-state index >= 15 is 0 Å². The summed E-state index contributed by atoms with van der Waals surface area (Å²) >= 11 is 0. The number of likely N-dealkylation sites (N-methyl/N-ethyl adjacent to an activating group) is 1. The van der Waals surface area contributed by atoms with Crippen LogP contribution in [0, 0.1) is 10.8 Å². The van der Waals surface area contributed by atoms with Gasteiger partial charge >= 0.3 is 0 Å². The predicted molar refractivity (Wildman–Crippen MR) is 87.8 cm³/mol. The van der Waals surface area contributed by atoms with Gasteiger partial charge in [0.15, 0.2) is 0 Å². The summed E-state index contributed by atoms with van der Waals surface area (Å²) in [5.74, 6) is 0.00160. The molecule has 118 valence electrons. The topological polar surface area (TPSA) is 32.3 Å². The maximum Gasteiger partial charge on any atom is 0.243 e. The molecule has 20 heavy (non-hydrogen) atoms. The highest BCUT2D eigenvalue weighted by molar-refractivity contribution is 5.87. The van der Waals surface area contributed by atoms with E-state index in [0.717, 1.165) is 19.4 Å². The van der Waals surface area contributed by atoms with E-state index in [0.29, 0.717) is 5.41 Å². The summed E-state index contributed by atoms with van der Waals surface area (Å²) < 4.78 is 0. The summed E-state index contributed by atoms with van der Waals surface area (Å²) in [6, 6.07) is 0.157. The Labute approximate surface area is 125 Å². The molecular formula is C17H34N2O. The van der Waals surface area contributed by atoms with Gasteiger partial charge in [0.25, 0.3) is 0 Å². The Hall–Kier alpha value is -0.830. The molecular weight excluding hydrogens is 248 g/mol. The molecule has 0 heterocycles. The molecule has 1 N–H and O–H groups in total. The van der Waals surface area contributed by atoms with E-state index in [9.17, 15) is 4.79 Å². The number of rotatable bonds is 8. The van der Waals surface area contributed by atoms with E-state index in [2.05, 4.69) is 46.9 Å². The average molecular weight is 282 g/mol. The highest BCUT2D eigenvalue weighted by Crippen LogP contribution is 2.38. The largest absolute Gasteiger partial charge is 0.350 e. The Morgan fingerprint density at radius 1 is 1.25 bits per heavy atom. The lowest BCUT2D eigenvalue weighted by atomic mass is 9.70. The molecule has 0 spiro atoms. The van der Waals surface area contributed by atoms with Gasteiger partial charge in [-0.3, -0.25) is 4.79 Å². The Bertz CT molecular complexity index is 330. The highest BCUT2D eigenvalue weighted by Gasteiger charge is 2.32. The third-order valence-electron chi connectivity index (χ3n) is 4.16. The molecule has 0 bridgehead atoms. The van der Waals surface area contributed by atoms with E-state index in [4.69, 9.17) is 0 Å². The van der Waals surface area contributed by atoms with Gasteiger partial charge < -0.3 is 10.2 Å². The van der Waals surface area contributed by atoms with E-state index in [-0.39, 0.29) is 17.4 Å². The first-order valence-electron chi connectivity index (χ1n) is 7.62. The molecule has 3 nitrogen and oxygen atoms in total. The summed E-state index contributed by atoms with van der Waals surface area (Å²) in [7, 11) is 3.97. The van der Waals surface area contributed by atoms with Gasteiger partial charge in [0.1, 0.15) is 0 Å². The van der Waals surface area contributed by atoms with Crippen LogP contribution in [0.5, 0.6) is 0 Å². The van der Waals surface area contributed by atoms with Gasteiger partial charge in [-0.1, -0.05) is 47.1 Å². The van der Waals surface area contributed by atoms with Crippen LogP contribution in [0.25, 0.3) is 0 Å². The molecule has 0 aliphatic carbocycles. The average Bonchev–Trinajstić information content (AvgIpc) is 2.27. The van der Waals surface area contributed by atoms with Crippen molar-refractivity contribution >= 4 is 5.91 Å². The summed E-state index contributed by atoms with van der Waals surface area (Å²) in [4.78, 5) is 13.9. The van der Waals surface area contributed by atoms with Crippen LogP contribution < -0.4 is 5.32 Å². The van der Waals surface area contributed by atoms with Crippen molar-refractivity contribution in [1.82, 2.24) is 10.2 Å². The van der Waals surface area contributed by atoms with E-state index in [1.165, 1.54) is 0 Å². The quantitative estimate of drug-likeness (QED) is 0.691. The first kappa shape index (κ1) is 19.2. The number of hydrogen-bond acceptors (Lipinski definition) is 2. The molecule has 0 saturated carbocycles. The zero-order valence-corrected chi connectivity index (χ0v) is 14.7. The van der Waals surface area contributed by atoms with E-state index in [1.807, 2.05) is 25.1 Å². The molecule has 0 aromatic carbocycles. The van der Waals surface area contributed by atoms with Crippen molar-refractivity contribution in [3.8, 4) is 0 Å². The van der Waals surface area contributed by atoms with Crippen LogP contribution in [0.15, 0.2) is 12.2 Å². The number of carbonyl (C=O) groups is 1. The molecule has 0 fully saturated rings. The first-order chi connectivity index (χ1) is 9.00. The van der Waals surface area contributed by atoms with Crippen LogP contribution >= 0.6 is 0 Å². The summed E-state index contributed by atoms with van der Waals surface area (Å²) in [6.07, 6.45) is 5.78. The third-order valence-corrected chi connectivity index (χ3v) is 4.16. The van der Waals surface area contributed by atoms with Crippen LogP contribution in [0.1, 0.15) is 54.4 Å². The number of amides is 1. The van der Waals surface area contributed by atoms with Crippen molar-refractivity contribution in [2.45, 2.75) is 60.4 Å². The third kappa shape index (κ3) is 7.68. The van der Waals surface area contributed by atoms with E-state index < -0.39 is 0 Å². The summed E-state index contributed by atoms with van der Waals surface area (Å²) in [5.41, 5.74) is 0.397. The van der Waals surface area contributed by atoms with Crippen LogP contribution in [0.4, 0.5) is 0 Å². The van der Waals surface area contributed by atoms with Crippen molar-refractivity contribution < 1.29 is 4.79 Å². The maximum atomic E-state index is 11.9. The molecule has 0 aromatic rings. The molecule has 1 atom stereocenters. The molecule has 0 aromatic heterocycles. The van der Waals surface area contributed by atoms with Gasteiger partial charge in [-0.25, -0.2) is 0 Å². The van der Waals surface area contributed by atoms with Crippen molar-refractivity contribution in [3.05, 3.63) is 12.2 Å². The van der Waals surface area contributed by atoms with E-state index in [1.54, 1.807) is 6.08 Å². The fraction of sp³-hybridized carbons (Fsp3) is 0.824. The second kappa shape index (κ2) is 7.82. The minimum Gasteiger partial charge on any atom is -0.350 e. The lowest BCUT2D eigenvalue weighted by molar-refractivity contribution is -0.118. The lowest BCUT2D eigenvalue weighted by Crippen LogP contribution is -2.44. The number of carbonyl (C=O) groups excluding carboxylic acids is 1. The van der Waals surface area contributed by atoms with Crippen LogP contribution in [0.2, 0.25) is 0 Å². The lowest BCUT2D eigenvalue weighted by Gasteiger charge is -2.39. The maximum absolute atomic E-state index is 11.9. The number of hydrogen-bond donors (Lipinski definition) is 1. The van der Waals surface area contributed by atoms with Crippen LogP contribution in [-0.4, -0.2) is 37.5 Å². The molecule has 0 radical (unpaired) electrons. The molecule has 3 heteroatoms. The molecule has 1 amide bonds. The van der Waals surface area contributed by atoms with Gasteiger partial charge in [-0.2, -0.15) is 0 Å². The van der Waals surface area contributed by atoms with Crippen LogP contribution in [-0.2, 0) is 4.79 Å². The molecule has 0 aliphatic heterocycles. The Kier molecular flexibility index (Phi) is 7.50.